The van der Waals surface area contributed by atoms with Gasteiger partial charge in [-0.2, -0.15) is 0 Å². The van der Waals surface area contributed by atoms with Gasteiger partial charge in [0.2, 0.25) is 0 Å². The van der Waals surface area contributed by atoms with Crippen LogP contribution in [-0.2, 0) is 19.4 Å². The van der Waals surface area contributed by atoms with Gasteiger partial charge in [-0.25, -0.2) is 8.42 Å². The first-order chi connectivity index (χ1) is 7.44. The molecule has 16 heavy (non-hydrogen) atoms. The van der Waals surface area contributed by atoms with Gasteiger partial charge in [0.05, 0.1) is 12.4 Å². The zero-order chi connectivity index (χ0) is 12.2. The number of carbonyl (C=O) groups is 1. The van der Waals surface area contributed by atoms with E-state index in [0.29, 0.717) is 13.2 Å². The van der Waals surface area contributed by atoms with Crippen LogP contribution in [0.15, 0.2) is 0 Å². The molecule has 0 bridgehead atoms. The van der Waals surface area contributed by atoms with Gasteiger partial charge < -0.3 is 4.74 Å². The maximum absolute atomic E-state index is 11.6. The lowest BCUT2D eigenvalue weighted by Gasteiger charge is -2.22. The molecule has 0 radical (unpaired) electrons. The Balaban J connectivity index is 2.49. The number of hydrogen-bond acceptors (Lipinski definition) is 5. The van der Waals surface area contributed by atoms with Crippen molar-refractivity contribution in [2.75, 3.05) is 31.7 Å². The lowest BCUT2D eigenvalue weighted by Crippen LogP contribution is -2.39. The molecule has 1 aliphatic heterocycles. The highest BCUT2D eigenvalue weighted by Gasteiger charge is 2.31. The first kappa shape index (κ1) is 13.4. The lowest BCUT2D eigenvalue weighted by molar-refractivity contribution is -0.148. The smallest absolute Gasteiger partial charge is 0.323 e. The topological polar surface area (TPSA) is 63.7 Å². The average molecular weight is 249 g/mol. The highest BCUT2D eigenvalue weighted by atomic mass is 32.2. The molecule has 0 saturated carbocycles. The molecule has 6 heteroatoms. The second-order valence-corrected chi connectivity index (χ2v) is 6.34. The number of hydrogen-bond donors (Lipinski definition) is 0. The number of rotatable bonds is 5. The van der Waals surface area contributed by atoms with Gasteiger partial charge in [0, 0.05) is 12.8 Å². The number of likely N-dealkylation sites (tertiary alicyclic amines) is 1. The summed E-state index contributed by atoms with van der Waals surface area (Å²) in [6.45, 7) is 3.34. The standard InChI is InChI=1S/C10H19NO4S/c1-3-15-10(12)9-5-4-6-11(9)7-8-16(2,13)14/h9H,3-8H2,1-2H3. The molecule has 0 amide bonds. The van der Waals surface area contributed by atoms with Gasteiger partial charge in [-0.05, 0) is 26.3 Å². The summed E-state index contributed by atoms with van der Waals surface area (Å²) >= 11 is 0. The summed E-state index contributed by atoms with van der Waals surface area (Å²) in [6.07, 6.45) is 2.90. The second kappa shape index (κ2) is 5.63. The molecule has 1 heterocycles. The van der Waals surface area contributed by atoms with Gasteiger partial charge in [0.15, 0.2) is 0 Å². The molecule has 0 N–H and O–H groups in total. The van der Waals surface area contributed by atoms with E-state index in [9.17, 15) is 13.2 Å². The summed E-state index contributed by atoms with van der Waals surface area (Å²) in [4.78, 5) is 13.5. The third kappa shape index (κ3) is 4.09. The molecular formula is C10H19NO4S. The Kier molecular flexibility index (Phi) is 4.73. The summed E-state index contributed by atoms with van der Waals surface area (Å²) in [5.74, 6) is -0.128. The molecule has 0 spiro atoms. The summed E-state index contributed by atoms with van der Waals surface area (Å²) in [5, 5.41) is 0. The summed E-state index contributed by atoms with van der Waals surface area (Å²) < 4.78 is 27.1. The van der Waals surface area contributed by atoms with Crippen LogP contribution in [0.2, 0.25) is 0 Å². The van der Waals surface area contributed by atoms with Crippen LogP contribution in [0.1, 0.15) is 19.8 Å². The van der Waals surface area contributed by atoms with Crippen LogP contribution in [-0.4, -0.2) is 57.0 Å². The molecule has 1 unspecified atom stereocenters. The Hall–Kier alpha value is -0.620. The molecule has 94 valence electrons. The van der Waals surface area contributed by atoms with Gasteiger partial charge in [0.25, 0.3) is 0 Å². The monoisotopic (exact) mass is 249 g/mol. The van der Waals surface area contributed by atoms with Crippen molar-refractivity contribution in [3.63, 3.8) is 0 Å². The molecule has 1 rings (SSSR count). The van der Waals surface area contributed by atoms with Crippen molar-refractivity contribution < 1.29 is 17.9 Å². The minimum absolute atomic E-state index is 0.100. The first-order valence-electron chi connectivity index (χ1n) is 5.52. The van der Waals surface area contributed by atoms with Gasteiger partial charge in [-0.1, -0.05) is 0 Å². The quantitative estimate of drug-likeness (QED) is 0.645. The fourth-order valence-electron chi connectivity index (χ4n) is 1.88. The number of carbonyl (C=O) groups excluding carboxylic acids is 1. The third-order valence-corrected chi connectivity index (χ3v) is 3.60. The molecular weight excluding hydrogens is 230 g/mol. The normalized spacial score (nSPS) is 22.2. The summed E-state index contributed by atoms with van der Waals surface area (Å²) in [6, 6.07) is -0.248. The minimum Gasteiger partial charge on any atom is -0.465 e. The molecule has 1 atom stereocenters. The van der Waals surface area contributed by atoms with E-state index in [1.165, 1.54) is 6.26 Å². The zero-order valence-corrected chi connectivity index (χ0v) is 10.6. The van der Waals surface area contributed by atoms with Crippen LogP contribution in [0, 0.1) is 0 Å². The third-order valence-electron chi connectivity index (χ3n) is 2.67. The van der Waals surface area contributed by atoms with E-state index in [4.69, 9.17) is 4.74 Å². The fourth-order valence-corrected chi connectivity index (χ4v) is 2.45. The summed E-state index contributed by atoms with van der Waals surface area (Å²) in [5.41, 5.74) is 0. The number of ether oxygens (including phenoxy) is 1. The second-order valence-electron chi connectivity index (χ2n) is 4.08. The van der Waals surface area contributed by atoms with Crippen LogP contribution in [0.25, 0.3) is 0 Å². The van der Waals surface area contributed by atoms with E-state index in [0.717, 1.165) is 19.4 Å². The molecule has 5 nitrogen and oxygen atoms in total. The van der Waals surface area contributed by atoms with Crippen molar-refractivity contribution in [2.24, 2.45) is 0 Å². The van der Waals surface area contributed by atoms with Gasteiger partial charge in [-0.3, -0.25) is 9.69 Å². The van der Waals surface area contributed by atoms with E-state index in [-0.39, 0.29) is 17.8 Å². The number of esters is 1. The van der Waals surface area contributed by atoms with Gasteiger partial charge in [-0.15, -0.1) is 0 Å². The highest BCUT2D eigenvalue weighted by Crippen LogP contribution is 2.18. The molecule has 0 aromatic rings. The van der Waals surface area contributed by atoms with E-state index >= 15 is 0 Å². The average Bonchev–Trinajstić information content (AvgIpc) is 2.61. The Morgan fingerprint density at radius 2 is 2.19 bits per heavy atom. The Labute approximate surface area is 96.7 Å². The van der Waals surface area contributed by atoms with Gasteiger partial charge in [0.1, 0.15) is 15.9 Å². The Morgan fingerprint density at radius 3 is 2.75 bits per heavy atom. The molecule has 0 aromatic heterocycles. The maximum atomic E-state index is 11.6. The van der Waals surface area contributed by atoms with Crippen molar-refractivity contribution >= 4 is 15.8 Å². The Morgan fingerprint density at radius 1 is 1.50 bits per heavy atom. The van der Waals surface area contributed by atoms with E-state index in [2.05, 4.69) is 0 Å². The van der Waals surface area contributed by atoms with Crippen molar-refractivity contribution in [3.8, 4) is 0 Å². The van der Waals surface area contributed by atoms with Crippen LogP contribution in [0.3, 0.4) is 0 Å². The Bertz CT molecular complexity index is 339. The predicted octanol–water partition coefficient (Wildman–Crippen LogP) is 0.0585. The van der Waals surface area contributed by atoms with Crippen molar-refractivity contribution in [3.05, 3.63) is 0 Å². The SMILES string of the molecule is CCOC(=O)C1CCCN1CCS(C)(=O)=O. The minimum atomic E-state index is -2.97. The van der Waals surface area contributed by atoms with Crippen molar-refractivity contribution in [1.82, 2.24) is 4.90 Å². The van der Waals surface area contributed by atoms with Crippen LogP contribution in [0.5, 0.6) is 0 Å². The predicted molar refractivity (Wildman–Crippen MR) is 60.9 cm³/mol. The fraction of sp³-hybridized carbons (Fsp3) is 0.900. The highest BCUT2D eigenvalue weighted by molar-refractivity contribution is 7.90. The molecule has 0 aromatic carbocycles. The first-order valence-corrected chi connectivity index (χ1v) is 7.58. The maximum Gasteiger partial charge on any atom is 0.323 e. The van der Waals surface area contributed by atoms with E-state index in [1.54, 1.807) is 6.92 Å². The van der Waals surface area contributed by atoms with Crippen LogP contribution < -0.4 is 0 Å². The summed E-state index contributed by atoms with van der Waals surface area (Å²) in [7, 11) is -2.97. The van der Waals surface area contributed by atoms with E-state index < -0.39 is 9.84 Å². The molecule has 1 aliphatic rings. The van der Waals surface area contributed by atoms with Crippen LogP contribution in [0.4, 0.5) is 0 Å². The van der Waals surface area contributed by atoms with Gasteiger partial charge >= 0.3 is 5.97 Å². The van der Waals surface area contributed by atoms with E-state index in [1.807, 2.05) is 4.90 Å². The van der Waals surface area contributed by atoms with Crippen molar-refractivity contribution in [2.45, 2.75) is 25.8 Å². The largest absolute Gasteiger partial charge is 0.465 e. The number of sulfone groups is 1. The zero-order valence-electron chi connectivity index (χ0n) is 9.81. The molecule has 1 fully saturated rings. The molecule has 0 aliphatic carbocycles. The lowest BCUT2D eigenvalue weighted by atomic mass is 10.2. The van der Waals surface area contributed by atoms with Crippen molar-refractivity contribution in [1.29, 1.82) is 0 Å². The van der Waals surface area contributed by atoms with Crippen LogP contribution >= 0.6 is 0 Å². The number of nitrogens with zero attached hydrogens (tertiary/aromatic N) is 1. The molecule has 1 saturated heterocycles.